The zero-order valence-corrected chi connectivity index (χ0v) is 13.1. The molecule has 2 atom stereocenters. The van der Waals surface area contributed by atoms with Gasteiger partial charge in [-0.2, -0.15) is 0 Å². The van der Waals surface area contributed by atoms with Crippen LogP contribution in [-0.2, 0) is 11.2 Å². The summed E-state index contributed by atoms with van der Waals surface area (Å²) in [5.41, 5.74) is 1.44. The molecule has 0 aromatic heterocycles. The van der Waals surface area contributed by atoms with Crippen LogP contribution < -0.4 is 5.32 Å². The number of piperazine rings is 1. The summed E-state index contributed by atoms with van der Waals surface area (Å²) >= 11 is 0. The minimum absolute atomic E-state index is 0.582. The topological polar surface area (TPSA) is 24.5 Å². The van der Waals surface area contributed by atoms with Crippen molar-refractivity contribution >= 4 is 0 Å². The summed E-state index contributed by atoms with van der Waals surface area (Å²) in [6, 6.07) is 12.9. The summed E-state index contributed by atoms with van der Waals surface area (Å²) in [5, 5.41) is 3.76. The van der Waals surface area contributed by atoms with E-state index in [4.69, 9.17) is 4.74 Å². The van der Waals surface area contributed by atoms with Crippen LogP contribution in [0.4, 0.5) is 0 Å². The van der Waals surface area contributed by atoms with E-state index in [1.807, 2.05) is 0 Å². The van der Waals surface area contributed by atoms with Gasteiger partial charge in [-0.1, -0.05) is 37.3 Å². The first kappa shape index (κ1) is 15.0. The van der Waals surface area contributed by atoms with Crippen LogP contribution in [0.25, 0.3) is 0 Å². The molecule has 0 radical (unpaired) electrons. The number of benzene rings is 1. The fourth-order valence-corrected chi connectivity index (χ4v) is 3.77. The average molecular weight is 288 g/mol. The second-order valence-corrected chi connectivity index (χ2v) is 6.40. The summed E-state index contributed by atoms with van der Waals surface area (Å²) in [7, 11) is 0. The van der Waals surface area contributed by atoms with Crippen molar-refractivity contribution < 1.29 is 4.74 Å². The van der Waals surface area contributed by atoms with E-state index < -0.39 is 0 Å². The van der Waals surface area contributed by atoms with Gasteiger partial charge < -0.3 is 10.1 Å². The molecule has 1 N–H and O–H groups in total. The van der Waals surface area contributed by atoms with E-state index >= 15 is 0 Å². The third-order valence-corrected chi connectivity index (χ3v) is 5.00. The molecule has 116 valence electrons. The number of nitrogens with zero attached hydrogens (tertiary/aromatic N) is 1. The molecule has 2 unspecified atom stereocenters. The molecular formula is C18H28N2O. The minimum atomic E-state index is 0.582. The summed E-state index contributed by atoms with van der Waals surface area (Å²) < 4.78 is 5.54. The normalized spacial score (nSPS) is 28.6. The van der Waals surface area contributed by atoms with Gasteiger partial charge in [0.1, 0.15) is 0 Å². The zero-order valence-electron chi connectivity index (χ0n) is 13.1. The van der Waals surface area contributed by atoms with E-state index in [0.29, 0.717) is 12.1 Å². The lowest BCUT2D eigenvalue weighted by molar-refractivity contribution is -0.000354. The molecule has 2 heterocycles. The Labute approximate surface area is 128 Å². The maximum absolute atomic E-state index is 5.54. The Bertz CT molecular complexity index is 416. The molecule has 2 aliphatic rings. The molecule has 1 aromatic rings. The highest BCUT2D eigenvalue weighted by Crippen LogP contribution is 2.22. The van der Waals surface area contributed by atoms with Crippen molar-refractivity contribution in [3.8, 4) is 0 Å². The molecule has 0 aliphatic carbocycles. The Kier molecular flexibility index (Phi) is 5.28. The Morgan fingerprint density at radius 2 is 1.95 bits per heavy atom. The van der Waals surface area contributed by atoms with Crippen LogP contribution in [0, 0.1) is 0 Å². The summed E-state index contributed by atoms with van der Waals surface area (Å²) in [5.74, 6) is 0. The van der Waals surface area contributed by atoms with E-state index in [2.05, 4.69) is 47.5 Å². The molecular weight excluding hydrogens is 260 g/mol. The first-order valence-corrected chi connectivity index (χ1v) is 8.47. The van der Waals surface area contributed by atoms with Crippen LogP contribution >= 0.6 is 0 Å². The fourth-order valence-electron chi connectivity index (χ4n) is 3.77. The number of hydrogen-bond donors (Lipinski definition) is 1. The largest absolute Gasteiger partial charge is 0.381 e. The molecule has 3 rings (SSSR count). The maximum Gasteiger partial charge on any atom is 0.0480 e. The molecule has 21 heavy (non-hydrogen) atoms. The zero-order chi connectivity index (χ0) is 14.5. The maximum atomic E-state index is 5.54. The summed E-state index contributed by atoms with van der Waals surface area (Å²) in [4.78, 5) is 2.77. The van der Waals surface area contributed by atoms with Crippen LogP contribution in [0.5, 0.6) is 0 Å². The van der Waals surface area contributed by atoms with E-state index in [0.717, 1.165) is 32.2 Å². The van der Waals surface area contributed by atoms with E-state index in [9.17, 15) is 0 Å². The van der Waals surface area contributed by atoms with Gasteiger partial charge in [0.05, 0.1) is 0 Å². The van der Waals surface area contributed by atoms with Gasteiger partial charge in [-0.05, 0) is 31.2 Å². The lowest BCUT2D eigenvalue weighted by Gasteiger charge is -2.45. The number of ether oxygens (including phenoxy) is 1. The second kappa shape index (κ2) is 7.39. The van der Waals surface area contributed by atoms with E-state index in [-0.39, 0.29) is 0 Å². The van der Waals surface area contributed by atoms with Crippen LogP contribution in [0.1, 0.15) is 31.7 Å². The fraction of sp³-hybridized carbons (Fsp3) is 0.667. The Morgan fingerprint density at radius 1 is 1.19 bits per heavy atom. The standard InChI is InChI=1S/C18H28N2O/c1-2-17-13-19-16(12-15-6-4-3-5-7-15)14-20(17)18-8-10-21-11-9-18/h3-7,16-19H,2,8-14H2,1H3. The van der Waals surface area contributed by atoms with Crippen molar-refractivity contribution in [2.75, 3.05) is 26.3 Å². The van der Waals surface area contributed by atoms with Gasteiger partial charge in [-0.15, -0.1) is 0 Å². The van der Waals surface area contributed by atoms with Gasteiger partial charge in [0, 0.05) is 44.4 Å². The molecule has 1 aromatic carbocycles. The third-order valence-electron chi connectivity index (χ3n) is 5.00. The van der Waals surface area contributed by atoms with E-state index in [1.54, 1.807) is 0 Å². The average Bonchev–Trinajstić information content (AvgIpc) is 2.56. The molecule has 0 saturated carbocycles. The second-order valence-electron chi connectivity index (χ2n) is 6.40. The first-order valence-electron chi connectivity index (χ1n) is 8.47. The van der Waals surface area contributed by atoms with Crippen molar-refractivity contribution in [1.82, 2.24) is 10.2 Å². The number of hydrogen-bond acceptors (Lipinski definition) is 3. The quantitative estimate of drug-likeness (QED) is 0.921. The lowest BCUT2D eigenvalue weighted by Crippen LogP contribution is -2.60. The molecule has 2 aliphatic heterocycles. The molecule has 0 spiro atoms. The highest BCUT2D eigenvalue weighted by molar-refractivity contribution is 5.16. The molecule has 2 saturated heterocycles. The van der Waals surface area contributed by atoms with Crippen molar-refractivity contribution in [2.45, 2.75) is 50.7 Å². The summed E-state index contributed by atoms with van der Waals surface area (Å²) in [6.07, 6.45) is 4.78. The van der Waals surface area contributed by atoms with Crippen LogP contribution in [0.3, 0.4) is 0 Å². The van der Waals surface area contributed by atoms with Gasteiger partial charge in [-0.25, -0.2) is 0 Å². The SMILES string of the molecule is CCC1CNC(Cc2ccccc2)CN1C1CCOCC1. The van der Waals surface area contributed by atoms with E-state index in [1.165, 1.54) is 31.4 Å². The number of nitrogens with one attached hydrogen (secondary N) is 1. The monoisotopic (exact) mass is 288 g/mol. The van der Waals surface area contributed by atoms with Crippen molar-refractivity contribution in [1.29, 1.82) is 0 Å². The lowest BCUT2D eigenvalue weighted by atomic mass is 9.96. The molecule has 0 bridgehead atoms. The predicted octanol–water partition coefficient (Wildman–Crippen LogP) is 2.46. The van der Waals surface area contributed by atoms with Gasteiger partial charge in [0.15, 0.2) is 0 Å². The van der Waals surface area contributed by atoms with Crippen molar-refractivity contribution in [3.63, 3.8) is 0 Å². The first-order chi connectivity index (χ1) is 10.4. The van der Waals surface area contributed by atoms with Gasteiger partial charge in [-0.3, -0.25) is 4.90 Å². The van der Waals surface area contributed by atoms with Gasteiger partial charge in [0.2, 0.25) is 0 Å². The third kappa shape index (κ3) is 3.85. The van der Waals surface area contributed by atoms with Crippen LogP contribution in [0.15, 0.2) is 30.3 Å². The highest BCUT2D eigenvalue weighted by Gasteiger charge is 2.32. The molecule has 3 nitrogen and oxygen atoms in total. The Morgan fingerprint density at radius 3 is 2.67 bits per heavy atom. The minimum Gasteiger partial charge on any atom is -0.381 e. The summed E-state index contributed by atoms with van der Waals surface area (Å²) in [6.45, 7) is 6.50. The van der Waals surface area contributed by atoms with Gasteiger partial charge in [0.25, 0.3) is 0 Å². The van der Waals surface area contributed by atoms with Crippen LogP contribution in [-0.4, -0.2) is 49.3 Å². The Balaban J connectivity index is 1.63. The smallest absolute Gasteiger partial charge is 0.0480 e. The van der Waals surface area contributed by atoms with Crippen molar-refractivity contribution in [2.24, 2.45) is 0 Å². The predicted molar refractivity (Wildman–Crippen MR) is 86.6 cm³/mol. The number of rotatable bonds is 4. The molecule has 3 heteroatoms. The van der Waals surface area contributed by atoms with Crippen LogP contribution in [0.2, 0.25) is 0 Å². The highest BCUT2D eigenvalue weighted by atomic mass is 16.5. The molecule has 0 amide bonds. The molecule has 2 fully saturated rings. The van der Waals surface area contributed by atoms with Crippen molar-refractivity contribution in [3.05, 3.63) is 35.9 Å². The van der Waals surface area contributed by atoms with Gasteiger partial charge >= 0.3 is 0 Å². The Hall–Kier alpha value is -0.900.